The van der Waals surface area contributed by atoms with E-state index in [-0.39, 0.29) is 18.5 Å². The van der Waals surface area contributed by atoms with Crippen LogP contribution >= 0.6 is 0 Å². The molecular weight excluding hydrogens is 298 g/mol. The van der Waals surface area contributed by atoms with Crippen molar-refractivity contribution in [2.45, 2.75) is 12.8 Å². The Kier molecular flexibility index (Phi) is 4.18. The molecule has 23 heavy (non-hydrogen) atoms. The summed E-state index contributed by atoms with van der Waals surface area (Å²) < 4.78 is 0. The molecule has 1 aromatic rings. The molecule has 3 rings (SSSR count). The molecule has 2 N–H and O–H groups in total. The van der Waals surface area contributed by atoms with Crippen molar-refractivity contribution in [3.05, 3.63) is 29.8 Å². The fourth-order valence-electron chi connectivity index (χ4n) is 3.05. The van der Waals surface area contributed by atoms with E-state index in [2.05, 4.69) is 5.32 Å². The summed E-state index contributed by atoms with van der Waals surface area (Å²) >= 11 is 0. The van der Waals surface area contributed by atoms with Crippen molar-refractivity contribution < 1.29 is 19.5 Å². The number of anilines is 1. The molecule has 0 unspecified atom stereocenters. The van der Waals surface area contributed by atoms with Crippen LogP contribution in [0.25, 0.3) is 0 Å². The van der Waals surface area contributed by atoms with Gasteiger partial charge in [-0.2, -0.15) is 0 Å². The second-order valence-electron chi connectivity index (χ2n) is 5.86. The lowest BCUT2D eigenvalue weighted by molar-refractivity contribution is -0.143. The van der Waals surface area contributed by atoms with E-state index in [0.717, 1.165) is 5.69 Å². The number of carbonyl (C=O) groups excluding carboxylic acids is 2. The Morgan fingerprint density at radius 3 is 2.52 bits per heavy atom. The first kappa shape index (κ1) is 15.3. The molecule has 0 aliphatic carbocycles. The molecule has 2 aliphatic heterocycles. The Morgan fingerprint density at radius 1 is 1.17 bits per heavy atom. The number of nitrogens with one attached hydrogen (secondary N) is 1. The number of carbonyl (C=O) groups is 3. The van der Waals surface area contributed by atoms with Crippen LogP contribution in [-0.2, 0) is 4.79 Å². The third-order valence-electron chi connectivity index (χ3n) is 4.34. The largest absolute Gasteiger partial charge is 0.481 e. The Morgan fingerprint density at radius 2 is 1.91 bits per heavy atom. The third-order valence-corrected chi connectivity index (χ3v) is 4.34. The number of urea groups is 1. The van der Waals surface area contributed by atoms with Crippen molar-refractivity contribution in [1.82, 2.24) is 10.2 Å². The van der Waals surface area contributed by atoms with Crippen molar-refractivity contribution in [1.29, 1.82) is 0 Å². The predicted molar refractivity (Wildman–Crippen MR) is 83.5 cm³/mol. The minimum absolute atomic E-state index is 0.135. The summed E-state index contributed by atoms with van der Waals surface area (Å²) in [7, 11) is 0. The lowest BCUT2D eigenvalue weighted by Crippen LogP contribution is -2.42. The Balaban J connectivity index is 1.70. The summed E-state index contributed by atoms with van der Waals surface area (Å²) in [6, 6.07) is 6.74. The van der Waals surface area contributed by atoms with Crippen LogP contribution < -0.4 is 10.2 Å². The van der Waals surface area contributed by atoms with Gasteiger partial charge in [0.15, 0.2) is 0 Å². The van der Waals surface area contributed by atoms with Gasteiger partial charge in [0.1, 0.15) is 0 Å². The first-order chi connectivity index (χ1) is 11.1. The second kappa shape index (κ2) is 6.28. The van der Waals surface area contributed by atoms with E-state index in [0.29, 0.717) is 38.0 Å². The topological polar surface area (TPSA) is 89.9 Å². The third kappa shape index (κ3) is 3.13. The number of aliphatic carboxylic acids is 1. The standard InChI is InChI=1S/C16H19N3O4/c20-14(18-8-1-2-12(10-18)15(21)22)11-3-5-13(6-4-11)19-9-7-17-16(19)23/h3-6,12H,1-2,7-10H2,(H,17,23)(H,21,22)/t12-/m0/s1. The SMILES string of the molecule is O=C(O)[C@H]1CCCN(C(=O)c2ccc(N3CCNC3=O)cc2)C1. The molecule has 122 valence electrons. The summed E-state index contributed by atoms with van der Waals surface area (Å²) in [5, 5.41) is 11.8. The van der Waals surface area contributed by atoms with Crippen LogP contribution in [0, 0.1) is 5.92 Å². The minimum atomic E-state index is -0.849. The van der Waals surface area contributed by atoms with Crippen LogP contribution in [0.4, 0.5) is 10.5 Å². The highest BCUT2D eigenvalue weighted by Gasteiger charge is 2.29. The van der Waals surface area contributed by atoms with Gasteiger partial charge in [0.05, 0.1) is 5.92 Å². The molecule has 2 fully saturated rings. The van der Waals surface area contributed by atoms with E-state index >= 15 is 0 Å². The number of hydrogen-bond acceptors (Lipinski definition) is 3. The highest BCUT2D eigenvalue weighted by Crippen LogP contribution is 2.21. The number of likely N-dealkylation sites (tertiary alicyclic amines) is 1. The van der Waals surface area contributed by atoms with Gasteiger partial charge in [-0.1, -0.05) is 0 Å². The van der Waals surface area contributed by atoms with Gasteiger partial charge in [0.2, 0.25) is 0 Å². The molecule has 1 aromatic carbocycles. The highest BCUT2D eigenvalue weighted by molar-refractivity contribution is 5.97. The van der Waals surface area contributed by atoms with Gasteiger partial charge in [-0.25, -0.2) is 4.79 Å². The maximum absolute atomic E-state index is 12.5. The second-order valence-corrected chi connectivity index (χ2v) is 5.86. The molecule has 0 bridgehead atoms. The Hall–Kier alpha value is -2.57. The summed E-state index contributed by atoms with van der Waals surface area (Å²) in [6.45, 7) is 2.06. The van der Waals surface area contributed by atoms with Crippen molar-refractivity contribution in [3.63, 3.8) is 0 Å². The van der Waals surface area contributed by atoms with Crippen LogP contribution in [-0.4, -0.2) is 54.1 Å². The van der Waals surface area contributed by atoms with Gasteiger partial charge in [-0.05, 0) is 37.1 Å². The first-order valence-corrected chi connectivity index (χ1v) is 7.74. The van der Waals surface area contributed by atoms with Crippen LogP contribution in [0.1, 0.15) is 23.2 Å². The monoisotopic (exact) mass is 317 g/mol. The van der Waals surface area contributed by atoms with Crippen molar-refractivity contribution in [3.8, 4) is 0 Å². The molecule has 0 spiro atoms. The van der Waals surface area contributed by atoms with Crippen LogP contribution in [0.15, 0.2) is 24.3 Å². The molecule has 0 aromatic heterocycles. The van der Waals surface area contributed by atoms with Gasteiger partial charge in [-0.15, -0.1) is 0 Å². The van der Waals surface area contributed by atoms with E-state index in [1.165, 1.54) is 0 Å². The van der Waals surface area contributed by atoms with E-state index < -0.39 is 11.9 Å². The normalized spacial score (nSPS) is 21.2. The molecule has 1 atom stereocenters. The number of rotatable bonds is 3. The van der Waals surface area contributed by atoms with E-state index in [1.807, 2.05) is 0 Å². The van der Waals surface area contributed by atoms with Gasteiger partial charge in [-0.3, -0.25) is 14.5 Å². The fourth-order valence-corrected chi connectivity index (χ4v) is 3.05. The van der Waals surface area contributed by atoms with Gasteiger partial charge in [0, 0.05) is 37.4 Å². The summed E-state index contributed by atoms with van der Waals surface area (Å²) in [5.41, 5.74) is 1.26. The maximum atomic E-state index is 12.5. The van der Waals surface area contributed by atoms with Gasteiger partial charge in [0.25, 0.3) is 5.91 Å². The molecule has 2 saturated heterocycles. The minimum Gasteiger partial charge on any atom is -0.481 e. The quantitative estimate of drug-likeness (QED) is 0.875. The molecule has 2 heterocycles. The number of carboxylic acids is 1. The summed E-state index contributed by atoms with van der Waals surface area (Å²) in [5.74, 6) is -1.49. The Bertz CT molecular complexity index is 629. The lowest BCUT2D eigenvalue weighted by Gasteiger charge is -2.30. The van der Waals surface area contributed by atoms with Crippen LogP contribution in [0.3, 0.4) is 0 Å². The van der Waals surface area contributed by atoms with Crippen molar-refractivity contribution in [2.24, 2.45) is 5.92 Å². The van der Waals surface area contributed by atoms with E-state index in [4.69, 9.17) is 5.11 Å². The average Bonchev–Trinajstić information content (AvgIpc) is 3.00. The molecule has 0 saturated carbocycles. The van der Waals surface area contributed by atoms with Crippen molar-refractivity contribution >= 4 is 23.6 Å². The molecule has 2 aliphatic rings. The first-order valence-electron chi connectivity index (χ1n) is 7.74. The molecule has 3 amide bonds. The number of piperidine rings is 1. The van der Waals surface area contributed by atoms with Crippen LogP contribution in [0.2, 0.25) is 0 Å². The van der Waals surface area contributed by atoms with Gasteiger partial charge >= 0.3 is 12.0 Å². The smallest absolute Gasteiger partial charge is 0.321 e. The molecule has 0 radical (unpaired) electrons. The van der Waals surface area contributed by atoms with Gasteiger partial charge < -0.3 is 15.3 Å². The zero-order chi connectivity index (χ0) is 16.4. The lowest BCUT2D eigenvalue weighted by atomic mass is 9.97. The Labute approximate surface area is 133 Å². The number of hydrogen-bond donors (Lipinski definition) is 2. The van der Waals surface area contributed by atoms with Crippen molar-refractivity contribution in [2.75, 3.05) is 31.1 Å². The highest BCUT2D eigenvalue weighted by atomic mass is 16.4. The number of nitrogens with zero attached hydrogens (tertiary/aromatic N) is 2. The maximum Gasteiger partial charge on any atom is 0.321 e. The molecular formula is C16H19N3O4. The summed E-state index contributed by atoms with van der Waals surface area (Å²) in [4.78, 5) is 38.4. The predicted octanol–water partition coefficient (Wildman–Crippen LogP) is 1.15. The fraction of sp³-hybridized carbons (Fsp3) is 0.438. The molecule has 7 heteroatoms. The van der Waals surface area contributed by atoms with Crippen LogP contribution in [0.5, 0.6) is 0 Å². The number of benzene rings is 1. The van der Waals surface area contributed by atoms with E-state index in [9.17, 15) is 14.4 Å². The number of carboxylic acid groups (broad SMARTS) is 1. The number of amides is 3. The molecule has 7 nitrogen and oxygen atoms in total. The van der Waals surface area contributed by atoms with E-state index in [1.54, 1.807) is 34.1 Å². The summed E-state index contributed by atoms with van der Waals surface area (Å²) in [6.07, 6.45) is 1.32. The average molecular weight is 317 g/mol. The zero-order valence-electron chi connectivity index (χ0n) is 12.7. The zero-order valence-corrected chi connectivity index (χ0v) is 12.7.